The molecule has 0 spiro atoms. The summed E-state index contributed by atoms with van der Waals surface area (Å²) in [5.74, 6) is -0.845. The van der Waals surface area contributed by atoms with Crippen molar-refractivity contribution in [1.82, 2.24) is 5.32 Å². The minimum Gasteiger partial charge on any atom is -0.346 e. The Kier molecular flexibility index (Phi) is 6.67. The van der Waals surface area contributed by atoms with E-state index in [0.717, 1.165) is 11.1 Å². The first-order valence-electron chi connectivity index (χ1n) is 9.53. The second kappa shape index (κ2) is 9.08. The summed E-state index contributed by atoms with van der Waals surface area (Å²) in [6.45, 7) is 5.45. The van der Waals surface area contributed by atoms with Crippen LogP contribution in [0.5, 0.6) is 0 Å². The number of rotatable bonds is 6. The van der Waals surface area contributed by atoms with Crippen LogP contribution in [-0.2, 0) is 10.0 Å². The van der Waals surface area contributed by atoms with Gasteiger partial charge in [0.05, 0.1) is 16.8 Å². The maximum Gasteiger partial charge on any atom is 0.263 e. The van der Waals surface area contributed by atoms with Crippen LogP contribution in [0.2, 0.25) is 5.02 Å². The summed E-state index contributed by atoms with van der Waals surface area (Å²) in [6.07, 6.45) is 0. The first-order valence-corrected chi connectivity index (χ1v) is 11.4. The molecule has 3 aromatic carbocycles. The van der Waals surface area contributed by atoms with Gasteiger partial charge < -0.3 is 5.32 Å². The number of anilines is 1. The highest BCUT2D eigenvalue weighted by Gasteiger charge is 2.22. The Morgan fingerprint density at radius 2 is 1.71 bits per heavy atom. The van der Waals surface area contributed by atoms with Gasteiger partial charge in [0.25, 0.3) is 15.9 Å². The fourth-order valence-electron chi connectivity index (χ4n) is 3.03. The Morgan fingerprint density at radius 3 is 2.39 bits per heavy atom. The van der Waals surface area contributed by atoms with E-state index in [1.165, 1.54) is 30.3 Å². The molecule has 162 valence electrons. The van der Waals surface area contributed by atoms with Crippen LogP contribution in [0.25, 0.3) is 0 Å². The second-order valence-electron chi connectivity index (χ2n) is 7.24. The van der Waals surface area contributed by atoms with Gasteiger partial charge >= 0.3 is 0 Å². The van der Waals surface area contributed by atoms with Crippen LogP contribution in [0, 0.1) is 19.7 Å². The number of aryl methyl sites for hydroxylation is 1. The Bertz CT molecular complexity index is 1230. The topological polar surface area (TPSA) is 75.3 Å². The average molecular weight is 461 g/mol. The smallest absolute Gasteiger partial charge is 0.263 e. The summed E-state index contributed by atoms with van der Waals surface area (Å²) < 4.78 is 41.6. The second-order valence-corrected chi connectivity index (χ2v) is 9.30. The molecule has 5 nitrogen and oxygen atoms in total. The lowest BCUT2D eigenvalue weighted by Crippen LogP contribution is -2.27. The highest BCUT2D eigenvalue weighted by Crippen LogP contribution is 2.27. The number of sulfonamides is 1. The van der Waals surface area contributed by atoms with Crippen LogP contribution in [0.1, 0.15) is 40.0 Å². The van der Waals surface area contributed by atoms with Gasteiger partial charge in [0.2, 0.25) is 0 Å². The Labute approximate surface area is 186 Å². The predicted octanol–water partition coefficient (Wildman–Crippen LogP) is 5.39. The molecule has 1 atom stereocenters. The van der Waals surface area contributed by atoms with Crippen molar-refractivity contribution in [3.05, 3.63) is 93.8 Å². The van der Waals surface area contributed by atoms with E-state index in [4.69, 9.17) is 11.6 Å². The Morgan fingerprint density at radius 1 is 1.03 bits per heavy atom. The zero-order valence-electron chi connectivity index (χ0n) is 17.2. The van der Waals surface area contributed by atoms with Crippen LogP contribution in [-0.4, -0.2) is 14.3 Å². The zero-order chi connectivity index (χ0) is 22.8. The summed E-state index contributed by atoms with van der Waals surface area (Å²) in [7, 11) is -4.03. The zero-order valence-corrected chi connectivity index (χ0v) is 18.8. The van der Waals surface area contributed by atoms with Crippen LogP contribution in [0.15, 0.2) is 65.6 Å². The molecule has 0 fully saturated rings. The maximum atomic E-state index is 13.1. The van der Waals surface area contributed by atoms with Crippen molar-refractivity contribution in [2.75, 3.05) is 4.72 Å². The minimum absolute atomic E-state index is 0.000870. The van der Waals surface area contributed by atoms with Gasteiger partial charge in [0.15, 0.2) is 0 Å². The van der Waals surface area contributed by atoms with Crippen LogP contribution >= 0.6 is 11.6 Å². The molecule has 8 heteroatoms. The molecule has 3 rings (SSSR count). The number of amides is 1. The summed E-state index contributed by atoms with van der Waals surface area (Å²) in [5.41, 5.74) is 3.03. The van der Waals surface area contributed by atoms with Gasteiger partial charge in [-0.15, -0.1) is 0 Å². The van der Waals surface area contributed by atoms with Crippen molar-refractivity contribution in [2.45, 2.75) is 31.7 Å². The number of nitrogens with one attached hydrogen (secondary N) is 2. The van der Waals surface area contributed by atoms with E-state index in [1.54, 1.807) is 31.2 Å². The molecule has 0 radical (unpaired) electrons. The quantitative estimate of drug-likeness (QED) is 0.518. The van der Waals surface area contributed by atoms with Gasteiger partial charge in [0.1, 0.15) is 10.7 Å². The SMILES string of the molecule is Cc1cccc(NS(=O)(=O)c2cc(C(=O)N[C@H](C)c3ccc(F)cc3)ccc2Cl)c1C. The van der Waals surface area contributed by atoms with Gasteiger partial charge in [-0.05, 0) is 73.9 Å². The maximum absolute atomic E-state index is 13.1. The molecule has 0 aliphatic heterocycles. The van der Waals surface area contributed by atoms with Gasteiger partial charge in [0, 0.05) is 5.56 Å². The van der Waals surface area contributed by atoms with Gasteiger partial charge in [-0.1, -0.05) is 35.9 Å². The molecule has 0 aliphatic rings. The molecule has 0 unspecified atom stereocenters. The van der Waals surface area contributed by atoms with E-state index >= 15 is 0 Å². The summed E-state index contributed by atoms with van der Waals surface area (Å²) in [5, 5.41) is 2.78. The summed E-state index contributed by atoms with van der Waals surface area (Å²) >= 11 is 6.15. The normalized spacial score (nSPS) is 12.3. The molecule has 0 saturated carbocycles. The van der Waals surface area contributed by atoms with Crippen LogP contribution in [0.4, 0.5) is 10.1 Å². The number of hydrogen-bond acceptors (Lipinski definition) is 3. The lowest BCUT2D eigenvalue weighted by Gasteiger charge is -2.16. The number of carbonyl (C=O) groups excluding carboxylic acids is 1. The predicted molar refractivity (Wildman–Crippen MR) is 120 cm³/mol. The molecule has 0 aromatic heterocycles. The van der Waals surface area contributed by atoms with E-state index < -0.39 is 22.0 Å². The third kappa shape index (κ3) is 5.24. The van der Waals surface area contributed by atoms with E-state index in [0.29, 0.717) is 11.3 Å². The van der Waals surface area contributed by atoms with Crippen molar-refractivity contribution in [3.8, 4) is 0 Å². The molecular weight excluding hydrogens is 439 g/mol. The van der Waals surface area contributed by atoms with Crippen LogP contribution in [0.3, 0.4) is 0 Å². The van der Waals surface area contributed by atoms with Crippen LogP contribution < -0.4 is 10.0 Å². The highest BCUT2D eigenvalue weighted by atomic mass is 35.5. The first-order chi connectivity index (χ1) is 14.6. The van der Waals surface area contributed by atoms with Crippen molar-refractivity contribution in [2.24, 2.45) is 0 Å². The lowest BCUT2D eigenvalue weighted by molar-refractivity contribution is 0.0939. The minimum atomic E-state index is -4.03. The van der Waals surface area contributed by atoms with Gasteiger partial charge in [-0.3, -0.25) is 9.52 Å². The highest BCUT2D eigenvalue weighted by molar-refractivity contribution is 7.92. The molecular formula is C23H22ClFN2O3S. The number of hydrogen-bond donors (Lipinski definition) is 2. The van der Waals surface area contributed by atoms with E-state index in [1.807, 2.05) is 19.9 Å². The van der Waals surface area contributed by atoms with Crippen molar-refractivity contribution < 1.29 is 17.6 Å². The molecule has 2 N–H and O–H groups in total. The Balaban J connectivity index is 1.85. The Hall–Kier alpha value is -2.90. The molecule has 0 aliphatic carbocycles. The number of halogens is 2. The third-order valence-corrected chi connectivity index (χ3v) is 6.90. The first kappa shape index (κ1) is 22.8. The average Bonchev–Trinajstić information content (AvgIpc) is 2.72. The fourth-order valence-corrected chi connectivity index (χ4v) is 4.68. The number of carbonyl (C=O) groups is 1. The molecule has 0 saturated heterocycles. The largest absolute Gasteiger partial charge is 0.346 e. The molecule has 1 amide bonds. The lowest BCUT2D eigenvalue weighted by atomic mass is 10.1. The van der Waals surface area contributed by atoms with E-state index in [9.17, 15) is 17.6 Å². The summed E-state index contributed by atoms with van der Waals surface area (Å²) in [6, 6.07) is 14.7. The van der Waals surface area contributed by atoms with E-state index in [-0.39, 0.29) is 21.3 Å². The van der Waals surface area contributed by atoms with Crippen molar-refractivity contribution in [3.63, 3.8) is 0 Å². The van der Waals surface area contributed by atoms with Crippen molar-refractivity contribution in [1.29, 1.82) is 0 Å². The standard InChI is InChI=1S/C23H22ClFN2O3S/c1-14-5-4-6-21(15(14)2)27-31(29,30)22-13-18(9-12-20(22)24)23(28)26-16(3)17-7-10-19(25)11-8-17/h4-13,16,27H,1-3H3,(H,26,28)/t16-/m1/s1. The third-order valence-electron chi connectivity index (χ3n) is 5.05. The van der Waals surface area contributed by atoms with E-state index in [2.05, 4.69) is 10.0 Å². The van der Waals surface area contributed by atoms with Crippen molar-refractivity contribution >= 4 is 33.2 Å². The monoisotopic (exact) mass is 460 g/mol. The summed E-state index contributed by atoms with van der Waals surface area (Å²) in [4.78, 5) is 12.5. The molecule has 3 aromatic rings. The number of benzene rings is 3. The molecule has 0 bridgehead atoms. The van der Waals surface area contributed by atoms with Gasteiger partial charge in [-0.25, -0.2) is 12.8 Å². The fraction of sp³-hybridized carbons (Fsp3) is 0.174. The molecule has 31 heavy (non-hydrogen) atoms. The van der Waals surface area contributed by atoms with Gasteiger partial charge in [-0.2, -0.15) is 0 Å². The molecule has 0 heterocycles.